The molecule has 1 aliphatic rings. The molecule has 1 N–H and O–H groups in total. The normalized spacial score (nSPS) is 19.9. The highest BCUT2D eigenvalue weighted by Crippen LogP contribution is 2.21. The van der Waals surface area contributed by atoms with E-state index in [1.165, 1.54) is 0 Å². The molecule has 0 radical (unpaired) electrons. The summed E-state index contributed by atoms with van der Waals surface area (Å²) in [4.78, 5) is 28.2. The molecule has 1 heterocycles. The molecule has 1 atom stereocenters. The number of likely N-dealkylation sites (N-methyl/N-ethyl adjacent to an activating group) is 1. The van der Waals surface area contributed by atoms with E-state index in [1.807, 2.05) is 27.7 Å². The van der Waals surface area contributed by atoms with Crippen molar-refractivity contribution in [1.29, 1.82) is 0 Å². The number of nitrogens with zero attached hydrogens (tertiary/aromatic N) is 2. The van der Waals surface area contributed by atoms with Crippen LogP contribution in [0, 0.1) is 0 Å². The Hall–Kier alpha value is -1.10. The number of carbonyl (C=O) groups excluding carboxylic acids is 2. The zero-order valence-corrected chi connectivity index (χ0v) is 13.2. The molecule has 2 amide bonds. The molecule has 20 heavy (non-hydrogen) atoms. The number of piperidine rings is 1. The monoisotopic (exact) mass is 284 g/mol. The second kappa shape index (κ2) is 7.07. The second-order valence-electron chi connectivity index (χ2n) is 6.38. The Morgan fingerprint density at radius 2 is 1.95 bits per heavy atom. The smallest absolute Gasteiger partial charge is 0.312 e. The van der Waals surface area contributed by atoms with Crippen LogP contribution in [-0.4, -0.2) is 58.0 Å². The first kappa shape index (κ1) is 17.0. The molecule has 116 valence electrons. The van der Waals surface area contributed by atoms with Crippen molar-refractivity contribution in [2.45, 2.75) is 65.0 Å². The average molecular weight is 284 g/mol. The number of hydrogen-bond acceptors (Lipinski definition) is 3. The van der Waals surface area contributed by atoms with Crippen LogP contribution in [0.1, 0.15) is 53.4 Å². The Bertz CT molecular complexity index is 348. The highest BCUT2D eigenvalue weighted by Gasteiger charge is 2.35. The van der Waals surface area contributed by atoms with Crippen LogP contribution in [0.3, 0.4) is 0 Å². The summed E-state index contributed by atoms with van der Waals surface area (Å²) in [6.07, 6.45) is 3.42. The van der Waals surface area contributed by atoms with E-state index in [0.717, 1.165) is 19.3 Å². The topological polar surface area (TPSA) is 60.9 Å². The van der Waals surface area contributed by atoms with Crippen LogP contribution in [0.5, 0.6) is 0 Å². The van der Waals surface area contributed by atoms with E-state index in [0.29, 0.717) is 19.5 Å². The highest BCUT2D eigenvalue weighted by atomic mass is 16.3. The largest absolute Gasteiger partial charge is 0.396 e. The van der Waals surface area contributed by atoms with E-state index >= 15 is 0 Å². The number of amides is 2. The van der Waals surface area contributed by atoms with Gasteiger partial charge in [0.25, 0.3) is 0 Å². The van der Waals surface area contributed by atoms with Gasteiger partial charge in [0.1, 0.15) is 0 Å². The van der Waals surface area contributed by atoms with Gasteiger partial charge in [-0.1, -0.05) is 0 Å². The molecule has 0 saturated carbocycles. The van der Waals surface area contributed by atoms with Crippen molar-refractivity contribution in [3.63, 3.8) is 0 Å². The first-order valence-corrected chi connectivity index (χ1v) is 7.56. The molecule has 1 aliphatic heterocycles. The molecule has 1 unspecified atom stereocenters. The number of aliphatic hydroxyl groups excluding tert-OH is 1. The molecule has 0 bridgehead atoms. The van der Waals surface area contributed by atoms with E-state index in [-0.39, 0.29) is 18.2 Å². The number of aliphatic hydroxyl groups is 1. The van der Waals surface area contributed by atoms with Crippen molar-refractivity contribution >= 4 is 11.8 Å². The summed E-state index contributed by atoms with van der Waals surface area (Å²) in [7, 11) is 0. The van der Waals surface area contributed by atoms with Gasteiger partial charge in [-0.3, -0.25) is 9.59 Å². The minimum Gasteiger partial charge on any atom is -0.396 e. The van der Waals surface area contributed by atoms with Crippen molar-refractivity contribution in [3.8, 4) is 0 Å². The van der Waals surface area contributed by atoms with Crippen molar-refractivity contribution in [1.82, 2.24) is 9.80 Å². The third kappa shape index (κ3) is 3.95. The Labute approximate surface area is 121 Å². The molecule has 0 aliphatic carbocycles. The van der Waals surface area contributed by atoms with Gasteiger partial charge in [-0.2, -0.15) is 0 Å². The van der Waals surface area contributed by atoms with Gasteiger partial charge in [-0.05, 0) is 53.4 Å². The van der Waals surface area contributed by atoms with Crippen LogP contribution in [-0.2, 0) is 9.59 Å². The first-order chi connectivity index (χ1) is 9.32. The second-order valence-corrected chi connectivity index (χ2v) is 6.38. The van der Waals surface area contributed by atoms with Crippen LogP contribution in [0.4, 0.5) is 0 Å². The number of carbonyl (C=O) groups is 2. The predicted molar refractivity (Wildman–Crippen MR) is 78.2 cm³/mol. The number of likely N-dealkylation sites (tertiary alicyclic amines) is 1. The van der Waals surface area contributed by atoms with Gasteiger partial charge in [0.05, 0.1) is 0 Å². The van der Waals surface area contributed by atoms with Crippen LogP contribution < -0.4 is 0 Å². The lowest BCUT2D eigenvalue weighted by molar-refractivity contribution is -0.157. The molecule has 1 rings (SSSR count). The maximum atomic E-state index is 12.5. The van der Waals surface area contributed by atoms with Gasteiger partial charge < -0.3 is 14.9 Å². The molecule has 1 fully saturated rings. The Morgan fingerprint density at radius 1 is 1.30 bits per heavy atom. The van der Waals surface area contributed by atoms with Gasteiger partial charge in [0.15, 0.2) is 0 Å². The average Bonchev–Trinajstić information content (AvgIpc) is 2.38. The minimum absolute atomic E-state index is 0.00359. The predicted octanol–water partition coefficient (Wildman–Crippen LogP) is 1.40. The fraction of sp³-hybridized carbons (Fsp3) is 0.867. The summed E-state index contributed by atoms with van der Waals surface area (Å²) in [5.74, 6) is -0.843. The Kier molecular flexibility index (Phi) is 5.99. The SMILES string of the molecule is CCN(C(=O)C(=O)N1CCCCC1CCO)C(C)(C)C. The fourth-order valence-electron chi connectivity index (χ4n) is 2.88. The Balaban J connectivity index is 2.83. The lowest BCUT2D eigenvalue weighted by Crippen LogP contribution is -2.55. The van der Waals surface area contributed by atoms with E-state index in [1.54, 1.807) is 9.80 Å². The summed E-state index contributed by atoms with van der Waals surface area (Å²) in [6.45, 7) is 8.88. The maximum absolute atomic E-state index is 12.5. The lowest BCUT2D eigenvalue weighted by atomic mass is 9.99. The standard InChI is InChI=1S/C15H28N2O3/c1-5-17(15(2,3)4)14(20)13(19)16-10-7-6-8-12(16)9-11-18/h12,18H,5-11H2,1-4H3. The van der Waals surface area contributed by atoms with Crippen molar-refractivity contribution in [2.75, 3.05) is 19.7 Å². The van der Waals surface area contributed by atoms with Crippen LogP contribution in [0.25, 0.3) is 0 Å². The zero-order valence-electron chi connectivity index (χ0n) is 13.2. The summed E-state index contributed by atoms with van der Waals surface area (Å²) >= 11 is 0. The molecule has 0 aromatic carbocycles. The number of rotatable bonds is 3. The third-order valence-electron chi connectivity index (χ3n) is 3.90. The highest BCUT2D eigenvalue weighted by molar-refractivity contribution is 6.35. The van der Waals surface area contributed by atoms with Crippen LogP contribution in [0.2, 0.25) is 0 Å². The molecule has 5 nitrogen and oxygen atoms in total. The van der Waals surface area contributed by atoms with Gasteiger partial charge in [-0.15, -0.1) is 0 Å². The van der Waals surface area contributed by atoms with Gasteiger partial charge in [0.2, 0.25) is 0 Å². The van der Waals surface area contributed by atoms with Crippen LogP contribution in [0.15, 0.2) is 0 Å². The minimum atomic E-state index is -0.426. The van der Waals surface area contributed by atoms with Crippen LogP contribution >= 0.6 is 0 Å². The van der Waals surface area contributed by atoms with E-state index in [4.69, 9.17) is 5.11 Å². The molecule has 0 spiro atoms. The summed E-state index contributed by atoms with van der Waals surface area (Å²) in [5, 5.41) is 9.11. The summed E-state index contributed by atoms with van der Waals surface area (Å²) in [5.41, 5.74) is -0.357. The molecule has 0 aromatic rings. The summed E-state index contributed by atoms with van der Waals surface area (Å²) < 4.78 is 0. The van der Waals surface area contributed by atoms with Gasteiger partial charge >= 0.3 is 11.8 Å². The summed E-state index contributed by atoms with van der Waals surface area (Å²) in [6, 6.07) is 0.00359. The van der Waals surface area contributed by atoms with Gasteiger partial charge in [0, 0.05) is 31.3 Å². The number of hydrogen-bond donors (Lipinski definition) is 1. The molecular weight excluding hydrogens is 256 g/mol. The third-order valence-corrected chi connectivity index (χ3v) is 3.90. The van der Waals surface area contributed by atoms with Crippen molar-refractivity contribution in [2.24, 2.45) is 0 Å². The lowest BCUT2D eigenvalue weighted by Gasteiger charge is -2.39. The molecular formula is C15H28N2O3. The fourth-order valence-corrected chi connectivity index (χ4v) is 2.88. The zero-order chi connectivity index (χ0) is 15.3. The maximum Gasteiger partial charge on any atom is 0.312 e. The van der Waals surface area contributed by atoms with E-state index < -0.39 is 11.8 Å². The van der Waals surface area contributed by atoms with E-state index in [9.17, 15) is 9.59 Å². The first-order valence-electron chi connectivity index (χ1n) is 7.56. The van der Waals surface area contributed by atoms with Crippen molar-refractivity contribution in [3.05, 3.63) is 0 Å². The quantitative estimate of drug-likeness (QED) is 0.797. The Morgan fingerprint density at radius 3 is 2.45 bits per heavy atom. The molecule has 0 aromatic heterocycles. The van der Waals surface area contributed by atoms with Gasteiger partial charge in [-0.25, -0.2) is 0 Å². The molecule has 5 heteroatoms. The molecule has 1 saturated heterocycles. The van der Waals surface area contributed by atoms with Crippen molar-refractivity contribution < 1.29 is 14.7 Å². The van der Waals surface area contributed by atoms with E-state index in [2.05, 4.69) is 0 Å².